The second-order valence-electron chi connectivity index (χ2n) is 4.49. The number of amides is 2. The van der Waals surface area contributed by atoms with Crippen molar-refractivity contribution in [3.05, 3.63) is 35.9 Å². The maximum absolute atomic E-state index is 11.8. The summed E-state index contributed by atoms with van der Waals surface area (Å²) in [5, 5.41) is 5.40. The topological polar surface area (TPSA) is 67.4 Å². The van der Waals surface area contributed by atoms with Gasteiger partial charge in [0.15, 0.2) is 0 Å². The summed E-state index contributed by atoms with van der Waals surface area (Å²) in [6.45, 7) is 0.520. The molecule has 0 fully saturated rings. The molecule has 0 aliphatic rings. The van der Waals surface area contributed by atoms with E-state index < -0.39 is 12.0 Å². The summed E-state index contributed by atoms with van der Waals surface area (Å²) in [5.74, 6) is 0.367. The van der Waals surface area contributed by atoms with Crippen LogP contribution in [0.15, 0.2) is 30.3 Å². The molecule has 0 bridgehead atoms. The lowest BCUT2D eigenvalue weighted by Gasteiger charge is -2.16. The Hall–Kier alpha value is -1.69. The molecule has 0 heterocycles. The Morgan fingerprint density at radius 2 is 2.00 bits per heavy atom. The molecule has 2 N–H and O–H groups in total. The minimum atomic E-state index is -0.598. The molecule has 1 aromatic rings. The number of thioether (sulfide) groups is 1. The molecule has 1 aromatic carbocycles. The van der Waals surface area contributed by atoms with Gasteiger partial charge in [-0.05, 0) is 30.4 Å². The molecule has 0 spiro atoms. The molecule has 5 nitrogen and oxygen atoms in total. The maximum atomic E-state index is 11.8. The number of urea groups is 1. The summed E-state index contributed by atoms with van der Waals surface area (Å²) in [5.41, 5.74) is 1.16. The van der Waals surface area contributed by atoms with Crippen LogP contribution in [-0.2, 0) is 16.0 Å². The molecule has 0 saturated carbocycles. The molecule has 0 aliphatic carbocycles. The van der Waals surface area contributed by atoms with Crippen molar-refractivity contribution >= 4 is 23.8 Å². The zero-order valence-electron chi connectivity index (χ0n) is 12.4. The smallest absolute Gasteiger partial charge is 0.328 e. The van der Waals surface area contributed by atoms with Crippen LogP contribution in [0.2, 0.25) is 0 Å². The fraction of sp³-hybridized carbons (Fsp3) is 0.467. The Morgan fingerprint density at radius 1 is 1.29 bits per heavy atom. The number of carbonyl (C=O) groups excluding carboxylic acids is 2. The average Bonchev–Trinajstić information content (AvgIpc) is 2.51. The van der Waals surface area contributed by atoms with E-state index in [4.69, 9.17) is 4.74 Å². The number of benzene rings is 1. The Labute approximate surface area is 129 Å². The van der Waals surface area contributed by atoms with Crippen LogP contribution in [0.4, 0.5) is 4.79 Å². The molecule has 116 valence electrons. The Bertz CT molecular complexity index is 440. The van der Waals surface area contributed by atoms with Gasteiger partial charge in [-0.2, -0.15) is 11.8 Å². The summed E-state index contributed by atoms with van der Waals surface area (Å²) < 4.78 is 4.69. The van der Waals surface area contributed by atoms with Crippen LogP contribution in [0.3, 0.4) is 0 Å². The molecule has 1 atom stereocenters. The standard InChI is InChI=1S/C15H22N2O3S/c1-20-14(18)13(9-11-21-2)17-15(19)16-10-8-12-6-4-3-5-7-12/h3-7,13H,8-11H2,1-2H3,(H2,16,17,19)/t13-/m1/s1. The fourth-order valence-corrected chi connectivity index (χ4v) is 2.27. The van der Waals surface area contributed by atoms with Crippen molar-refractivity contribution in [3.8, 4) is 0 Å². The fourth-order valence-electron chi connectivity index (χ4n) is 1.80. The van der Waals surface area contributed by atoms with Crippen LogP contribution in [0.1, 0.15) is 12.0 Å². The Kier molecular flexibility index (Phi) is 8.35. The van der Waals surface area contributed by atoms with Gasteiger partial charge in [-0.15, -0.1) is 0 Å². The van der Waals surface area contributed by atoms with Gasteiger partial charge >= 0.3 is 12.0 Å². The van der Waals surface area contributed by atoms with Gasteiger partial charge in [0.05, 0.1) is 7.11 Å². The third-order valence-electron chi connectivity index (χ3n) is 2.94. The average molecular weight is 310 g/mol. The summed E-state index contributed by atoms with van der Waals surface area (Å²) >= 11 is 1.62. The summed E-state index contributed by atoms with van der Waals surface area (Å²) in [4.78, 5) is 23.4. The number of rotatable bonds is 8. The van der Waals surface area contributed by atoms with E-state index in [1.165, 1.54) is 7.11 Å². The maximum Gasteiger partial charge on any atom is 0.328 e. The third-order valence-corrected chi connectivity index (χ3v) is 3.59. The zero-order valence-corrected chi connectivity index (χ0v) is 13.2. The van der Waals surface area contributed by atoms with E-state index in [1.807, 2.05) is 36.6 Å². The van der Waals surface area contributed by atoms with Crippen molar-refractivity contribution in [3.63, 3.8) is 0 Å². The molecular formula is C15H22N2O3S. The van der Waals surface area contributed by atoms with Crippen molar-refractivity contribution in [2.24, 2.45) is 0 Å². The van der Waals surface area contributed by atoms with Crippen molar-refractivity contribution in [1.29, 1.82) is 0 Å². The van der Waals surface area contributed by atoms with E-state index in [2.05, 4.69) is 10.6 Å². The lowest BCUT2D eigenvalue weighted by molar-refractivity contribution is -0.142. The highest BCUT2D eigenvalue weighted by atomic mass is 32.2. The lowest BCUT2D eigenvalue weighted by atomic mass is 10.1. The van der Waals surface area contributed by atoms with Crippen LogP contribution in [0.25, 0.3) is 0 Å². The number of hydrogen-bond donors (Lipinski definition) is 2. The minimum Gasteiger partial charge on any atom is -0.467 e. The molecule has 6 heteroatoms. The summed E-state index contributed by atoms with van der Waals surface area (Å²) in [6, 6.07) is 8.96. The van der Waals surface area contributed by atoms with Crippen molar-refractivity contribution < 1.29 is 14.3 Å². The second kappa shape index (κ2) is 10.1. The van der Waals surface area contributed by atoms with Gasteiger partial charge in [-0.25, -0.2) is 9.59 Å². The zero-order chi connectivity index (χ0) is 15.5. The van der Waals surface area contributed by atoms with Gasteiger partial charge in [-0.3, -0.25) is 0 Å². The van der Waals surface area contributed by atoms with Crippen LogP contribution in [0.5, 0.6) is 0 Å². The van der Waals surface area contributed by atoms with E-state index in [1.54, 1.807) is 11.8 Å². The van der Waals surface area contributed by atoms with Gasteiger partial charge in [0.2, 0.25) is 0 Å². The normalized spacial score (nSPS) is 11.5. The SMILES string of the molecule is COC(=O)[C@@H](CCSC)NC(=O)NCCc1ccccc1. The van der Waals surface area contributed by atoms with Gasteiger partial charge in [-0.1, -0.05) is 30.3 Å². The van der Waals surface area contributed by atoms with Crippen molar-refractivity contribution in [2.75, 3.05) is 25.7 Å². The predicted octanol–water partition coefficient (Wildman–Crippen LogP) is 1.82. The molecule has 0 aliphatic heterocycles. The van der Waals surface area contributed by atoms with Crippen molar-refractivity contribution in [1.82, 2.24) is 10.6 Å². The Balaban J connectivity index is 2.34. The number of carbonyl (C=O) groups is 2. The van der Waals surface area contributed by atoms with Crippen LogP contribution in [0, 0.1) is 0 Å². The molecule has 21 heavy (non-hydrogen) atoms. The highest BCUT2D eigenvalue weighted by Gasteiger charge is 2.20. The first-order valence-electron chi connectivity index (χ1n) is 6.82. The summed E-state index contributed by atoms with van der Waals surface area (Å²) in [7, 11) is 1.32. The first-order chi connectivity index (χ1) is 10.2. The number of esters is 1. The van der Waals surface area contributed by atoms with E-state index in [0.29, 0.717) is 13.0 Å². The number of ether oxygens (including phenoxy) is 1. The molecule has 0 saturated heterocycles. The highest BCUT2D eigenvalue weighted by molar-refractivity contribution is 7.98. The number of hydrogen-bond acceptors (Lipinski definition) is 4. The molecule has 0 radical (unpaired) electrons. The third kappa shape index (κ3) is 7.04. The predicted molar refractivity (Wildman–Crippen MR) is 85.5 cm³/mol. The van der Waals surface area contributed by atoms with E-state index in [9.17, 15) is 9.59 Å². The molecular weight excluding hydrogens is 288 g/mol. The molecule has 2 amide bonds. The molecule has 0 aromatic heterocycles. The number of nitrogens with one attached hydrogen (secondary N) is 2. The minimum absolute atomic E-state index is 0.345. The van der Waals surface area contributed by atoms with E-state index in [-0.39, 0.29) is 6.03 Å². The molecule has 0 unspecified atom stereocenters. The van der Waals surface area contributed by atoms with Crippen LogP contribution in [-0.4, -0.2) is 43.7 Å². The van der Waals surface area contributed by atoms with Gasteiger partial charge in [0.1, 0.15) is 6.04 Å². The summed E-state index contributed by atoms with van der Waals surface area (Å²) in [6.07, 6.45) is 3.26. The first-order valence-corrected chi connectivity index (χ1v) is 8.21. The monoisotopic (exact) mass is 310 g/mol. The Morgan fingerprint density at radius 3 is 2.62 bits per heavy atom. The largest absolute Gasteiger partial charge is 0.467 e. The lowest BCUT2D eigenvalue weighted by Crippen LogP contribution is -2.47. The van der Waals surface area contributed by atoms with Crippen LogP contribution >= 0.6 is 11.8 Å². The van der Waals surface area contributed by atoms with Gasteiger partial charge in [0, 0.05) is 6.54 Å². The van der Waals surface area contributed by atoms with Crippen molar-refractivity contribution in [2.45, 2.75) is 18.9 Å². The van der Waals surface area contributed by atoms with Gasteiger partial charge < -0.3 is 15.4 Å². The highest BCUT2D eigenvalue weighted by Crippen LogP contribution is 2.02. The van der Waals surface area contributed by atoms with E-state index >= 15 is 0 Å². The van der Waals surface area contributed by atoms with E-state index in [0.717, 1.165) is 17.7 Å². The first kappa shape index (κ1) is 17.4. The quantitative estimate of drug-likeness (QED) is 0.719. The van der Waals surface area contributed by atoms with Crippen LogP contribution < -0.4 is 10.6 Å². The second-order valence-corrected chi connectivity index (χ2v) is 5.48. The van der Waals surface area contributed by atoms with Gasteiger partial charge in [0.25, 0.3) is 0 Å². The number of methoxy groups -OCH3 is 1. The molecule has 1 rings (SSSR count).